The Morgan fingerprint density at radius 1 is 0.919 bits per heavy atom. The molecule has 4 heterocycles. The van der Waals surface area contributed by atoms with Crippen molar-refractivity contribution in [3.05, 3.63) is 65.8 Å². The van der Waals surface area contributed by atoms with Gasteiger partial charge in [-0.25, -0.2) is 19.0 Å². The molecule has 4 aromatic rings. The summed E-state index contributed by atoms with van der Waals surface area (Å²) in [4.78, 5) is 16.4. The van der Waals surface area contributed by atoms with Crippen molar-refractivity contribution in [3.63, 3.8) is 0 Å². The molecule has 1 N–H and O–H groups in total. The van der Waals surface area contributed by atoms with E-state index < -0.39 is 0 Å². The molecule has 2 aromatic carbocycles. The lowest BCUT2D eigenvalue weighted by Crippen LogP contribution is -2.52. The molecule has 0 saturated carbocycles. The van der Waals surface area contributed by atoms with Crippen LogP contribution >= 0.6 is 11.6 Å². The zero-order valence-electron chi connectivity index (χ0n) is 20.8. The Hall–Kier alpha value is -3.27. The van der Waals surface area contributed by atoms with E-state index in [9.17, 15) is 4.39 Å². The summed E-state index contributed by atoms with van der Waals surface area (Å²) in [5.41, 5.74) is 3.41. The van der Waals surface area contributed by atoms with Crippen LogP contribution in [-0.4, -0.2) is 81.9 Å². The van der Waals surface area contributed by atoms with Crippen molar-refractivity contribution < 1.29 is 4.39 Å². The highest BCUT2D eigenvalue weighted by Crippen LogP contribution is 2.30. The predicted molar refractivity (Wildman–Crippen MR) is 146 cm³/mol. The van der Waals surface area contributed by atoms with Gasteiger partial charge in [-0.2, -0.15) is 5.10 Å². The molecule has 0 spiro atoms. The first-order valence-electron chi connectivity index (χ1n) is 12.7. The second-order valence-electron chi connectivity index (χ2n) is 9.84. The monoisotopic (exact) mass is 520 g/mol. The lowest BCUT2D eigenvalue weighted by Gasteiger charge is -2.42. The van der Waals surface area contributed by atoms with Gasteiger partial charge in [-0.15, -0.1) is 0 Å². The fourth-order valence-electron chi connectivity index (χ4n) is 5.33. The molecular formula is C27H30ClFN8. The summed E-state index contributed by atoms with van der Waals surface area (Å²) >= 11 is 6.19. The number of nitrogens with one attached hydrogen (secondary N) is 1. The maximum Gasteiger partial charge on any atom is 0.168 e. The topological polar surface area (TPSA) is 65.3 Å². The first-order valence-corrected chi connectivity index (χ1v) is 13.1. The van der Waals surface area contributed by atoms with E-state index in [0.717, 1.165) is 24.2 Å². The van der Waals surface area contributed by atoms with Gasteiger partial charge in [0, 0.05) is 51.0 Å². The molecule has 0 radical (unpaired) electrons. The molecule has 0 unspecified atom stereocenters. The van der Waals surface area contributed by atoms with Gasteiger partial charge in [0.2, 0.25) is 0 Å². The van der Waals surface area contributed by atoms with Crippen molar-refractivity contribution in [2.45, 2.75) is 18.9 Å². The van der Waals surface area contributed by atoms with Crippen LogP contribution in [0, 0.1) is 5.82 Å². The molecule has 2 fully saturated rings. The average molecular weight is 521 g/mol. The molecule has 0 amide bonds. The minimum atomic E-state index is -0.390. The zero-order valence-corrected chi connectivity index (χ0v) is 21.6. The third kappa shape index (κ3) is 4.99. The Morgan fingerprint density at radius 2 is 1.65 bits per heavy atom. The van der Waals surface area contributed by atoms with Crippen molar-refractivity contribution >= 4 is 39.8 Å². The van der Waals surface area contributed by atoms with Crippen LogP contribution in [0.15, 0.2) is 55.0 Å². The molecule has 6 rings (SSSR count). The van der Waals surface area contributed by atoms with Crippen LogP contribution in [0.1, 0.15) is 12.8 Å². The number of hydrogen-bond acceptors (Lipinski definition) is 7. The number of rotatable bonds is 5. The van der Waals surface area contributed by atoms with Gasteiger partial charge in [0.25, 0.3) is 0 Å². The fraction of sp³-hybridized carbons (Fsp3) is 0.370. The summed E-state index contributed by atoms with van der Waals surface area (Å²) in [6.45, 7) is 6.87. The number of hydrogen-bond donors (Lipinski definition) is 1. The highest BCUT2D eigenvalue weighted by atomic mass is 35.5. The van der Waals surface area contributed by atoms with Gasteiger partial charge in [-0.1, -0.05) is 11.6 Å². The Labute approximate surface area is 220 Å². The molecule has 2 aromatic heterocycles. The summed E-state index contributed by atoms with van der Waals surface area (Å²) in [5, 5.41) is 8.77. The number of fused-ring (bicyclic) bond motifs is 1. The van der Waals surface area contributed by atoms with Crippen molar-refractivity contribution in [2.24, 2.45) is 0 Å². The Balaban J connectivity index is 1.15. The minimum Gasteiger partial charge on any atom is -0.371 e. The van der Waals surface area contributed by atoms with Crippen LogP contribution < -0.4 is 10.2 Å². The minimum absolute atomic E-state index is 0.280. The highest BCUT2D eigenvalue weighted by molar-refractivity contribution is 6.33. The molecule has 0 bridgehead atoms. The van der Waals surface area contributed by atoms with E-state index in [1.165, 1.54) is 63.2 Å². The van der Waals surface area contributed by atoms with Crippen molar-refractivity contribution in [3.8, 4) is 5.69 Å². The number of benzene rings is 2. The highest BCUT2D eigenvalue weighted by Gasteiger charge is 2.26. The zero-order chi connectivity index (χ0) is 25.4. The Morgan fingerprint density at radius 3 is 2.38 bits per heavy atom. The van der Waals surface area contributed by atoms with Gasteiger partial charge >= 0.3 is 0 Å². The molecule has 192 valence electrons. The summed E-state index contributed by atoms with van der Waals surface area (Å²) in [5.74, 6) is 0.170. The molecule has 2 saturated heterocycles. The van der Waals surface area contributed by atoms with Gasteiger partial charge in [0.15, 0.2) is 5.65 Å². The summed E-state index contributed by atoms with van der Waals surface area (Å²) in [6.07, 6.45) is 5.63. The lowest BCUT2D eigenvalue weighted by molar-refractivity contribution is 0.0982. The SMILES string of the molecule is CN1CCN(C2CCN(c3ccc(-n4ncc5c(Nc6ccc(F)cc6Cl)ncnc54)cc3)CC2)CC1. The van der Waals surface area contributed by atoms with Crippen LogP contribution in [-0.2, 0) is 0 Å². The second-order valence-corrected chi connectivity index (χ2v) is 10.2. The molecule has 8 nitrogen and oxygen atoms in total. The molecule has 2 aliphatic rings. The van der Waals surface area contributed by atoms with Crippen LogP contribution in [0.4, 0.5) is 21.6 Å². The lowest BCUT2D eigenvalue weighted by atomic mass is 10.0. The van der Waals surface area contributed by atoms with E-state index in [1.54, 1.807) is 16.9 Å². The molecule has 2 aliphatic heterocycles. The first kappa shape index (κ1) is 24.1. The quantitative estimate of drug-likeness (QED) is 0.413. The standard InChI is InChI=1S/C27H30ClFN8/c1-34-12-14-36(15-13-34)21-8-10-35(11-9-21)20-3-5-22(6-4-20)37-27-23(17-32-37)26(30-18-31-27)33-25-7-2-19(29)16-24(25)28/h2-7,16-18,21H,8-15H2,1H3,(H,30,31,33). The van der Waals surface area contributed by atoms with Crippen molar-refractivity contribution in [1.29, 1.82) is 0 Å². The third-order valence-corrected chi connectivity index (χ3v) is 7.84. The predicted octanol–water partition coefficient (Wildman–Crippen LogP) is 4.57. The number of nitrogens with zero attached hydrogens (tertiary/aromatic N) is 7. The largest absolute Gasteiger partial charge is 0.371 e. The van der Waals surface area contributed by atoms with E-state index in [4.69, 9.17) is 11.6 Å². The normalized spacial score (nSPS) is 18.0. The number of piperazine rings is 1. The van der Waals surface area contributed by atoms with E-state index in [1.807, 2.05) is 0 Å². The van der Waals surface area contributed by atoms with Gasteiger partial charge in [0.1, 0.15) is 18.0 Å². The van der Waals surface area contributed by atoms with Gasteiger partial charge in [-0.3, -0.25) is 4.90 Å². The van der Waals surface area contributed by atoms with Gasteiger partial charge in [0.05, 0.1) is 28.0 Å². The summed E-state index contributed by atoms with van der Waals surface area (Å²) < 4.78 is 15.2. The third-order valence-electron chi connectivity index (χ3n) is 7.53. The van der Waals surface area contributed by atoms with E-state index in [0.29, 0.717) is 23.2 Å². The molecular weight excluding hydrogens is 491 g/mol. The number of anilines is 3. The molecule has 0 aliphatic carbocycles. The van der Waals surface area contributed by atoms with Crippen LogP contribution in [0.3, 0.4) is 0 Å². The first-order chi connectivity index (χ1) is 18.0. The summed E-state index contributed by atoms with van der Waals surface area (Å²) in [7, 11) is 2.21. The van der Waals surface area contributed by atoms with Crippen LogP contribution in [0.5, 0.6) is 0 Å². The van der Waals surface area contributed by atoms with Crippen molar-refractivity contribution in [2.75, 3.05) is 56.5 Å². The number of piperidine rings is 1. The average Bonchev–Trinajstić information content (AvgIpc) is 3.36. The maximum atomic E-state index is 13.4. The second kappa shape index (κ2) is 10.2. The molecule has 0 atom stereocenters. The smallest absolute Gasteiger partial charge is 0.168 e. The number of aromatic nitrogens is 4. The van der Waals surface area contributed by atoms with Crippen LogP contribution in [0.25, 0.3) is 16.7 Å². The van der Waals surface area contributed by atoms with E-state index in [-0.39, 0.29) is 10.8 Å². The Kier molecular flexibility index (Phi) is 6.67. The summed E-state index contributed by atoms with van der Waals surface area (Å²) in [6, 6.07) is 13.4. The number of halogens is 2. The molecule has 10 heteroatoms. The maximum absolute atomic E-state index is 13.4. The van der Waals surface area contributed by atoms with Crippen LogP contribution in [0.2, 0.25) is 5.02 Å². The van der Waals surface area contributed by atoms with Gasteiger partial charge in [-0.05, 0) is 62.4 Å². The fourth-order valence-corrected chi connectivity index (χ4v) is 5.55. The number of likely N-dealkylation sites (N-methyl/N-ethyl adjacent to an activating group) is 1. The van der Waals surface area contributed by atoms with Crippen molar-refractivity contribution in [1.82, 2.24) is 29.5 Å². The van der Waals surface area contributed by atoms with Gasteiger partial charge < -0.3 is 15.1 Å². The van der Waals surface area contributed by atoms with E-state index in [2.05, 4.69) is 66.4 Å². The molecule has 37 heavy (non-hydrogen) atoms. The van der Waals surface area contributed by atoms with E-state index >= 15 is 0 Å². The Bertz CT molecular complexity index is 1380.